The van der Waals surface area contributed by atoms with E-state index in [0.717, 1.165) is 17.8 Å². The average Bonchev–Trinajstić information content (AvgIpc) is 3.08. The molecular weight excluding hydrogens is 460 g/mol. The lowest BCUT2D eigenvalue weighted by molar-refractivity contribution is -0.240. The van der Waals surface area contributed by atoms with Gasteiger partial charge in [0.2, 0.25) is 0 Å². The lowest BCUT2D eigenvalue weighted by Gasteiger charge is -2.69. The molecule has 1 aliphatic heterocycles. The molecule has 0 N–H and O–H groups in total. The van der Waals surface area contributed by atoms with E-state index >= 15 is 0 Å². The van der Waals surface area contributed by atoms with E-state index in [4.69, 9.17) is 4.74 Å². The number of aryl methyl sites for hydroxylation is 1. The predicted molar refractivity (Wildman–Crippen MR) is 158 cm³/mol. The number of fused-ring (bicyclic) bond motifs is 10. The minimum Gasteiger partial charge on any atom is -0.371 e. The minimum atomic E-state index is 0.0846. The van der Waals surface area contributed by atoms with Gasteiger partial charge >= 0.3 is 0 Å². The summed E-state index contributed by atoms with van der Waals surface area (Å²) in [6.07, 6.45) is 16.9. The van der Waals surface area contributed by atoms with Crippen molar-refractivity contribution in [2.75, 3.05) is 0 Å². The largest absolute Gasteiger partial charge is 0.371 e. The van der Waals surface area contributed by atoms with E-state index in [1.54, 1.807) is 16.7 Å². The summed E-state index contributed by atoms with van der Waals surface area (Å²) >= 11 is 0. The monoisotopic (exact) mass is 516 g/mol. The Bertz CT molecular complexity index is 1130. The third kappa shape index (κ3) is 3.15. The first-order chi connectivity index (χ1) is 17.8. The number of hydrogen-bond donors (Lipinski definition) is 0. The highest BCUT2D eigenvalue weighted by Crippen LogP contribution is 2.74. The van der Waals surface area contributed by atoms with Gasteiger partial charge in [0.1, 0.15) is 0 Å². The van der Waals surface area contributed by atoms with Crippen LogP contribution in [-0.4, -0.2) is 11.7 Å². The van der Waals surface area contributed by atoms with Crippen LogP contribution >= 0.6 is 0 Å². The standard InChI is InChI=1S/C37H56O/c1-24-11-9-12-26-25(24)23-30-33(26,4)19-14-28-34(5)22-16-31-36(7,29(34)15-20-35(28,30)6)21-13-27-32(2,3)17-10-18-37(27,8)38-31/h9,11-12,27-31H,10,13-23H2,1-8H3/t27-,28+,29+,30+,31-,33+,34+,35+,36-,37-/m0/s1. The van der Waals surface area contributed by atoms with Crippen molar-refractivity contribution in [3.63, 3.8) is 0 Å². The number of benzene rings is 1. The molecule has 0 bridgehead atoms. The molecule has 210 valence electrons. The van der Waals surface area contributed by atoms with Gasteiger partial charge in [-0.15, -0.1) is 0 Å². The van der Waals surface area contributed by atoms with Crippen molar-refractivity contribution < 1.29 is 4.74 Å². The van der Waals surface area contributed by atoms with E-state index in [-0.39, 0.29) is 5.60 Å². The van der Waals surface area contributed by atoms with Crippen LogP contribution in [0.15, 0.2) is 18.2 Å². The Kier molecular flexibility index (Phi) is 5.44. The van der Waals surface area contributed by atoms with E-state index in [0.29, 0.717) is 39.1 Å². The topological polar surface area (TPSA) is 9.23 Å². The first-order valence-electron chi connectivity index (χ1n) is 16.5. The highest BCUT2D eigenvalue weighted by Gasteiger charge is 2.68. The van der Waals surface area contributed by atoms with E-state index in [1.165, 1.54) is 77.0 Å². The van der Waals surface area contributed by atoms with E-state index < -0.39 is 0 Å². The van der Waals surface area contributed by atoms with Crippen LogP contribution in [0, 0.1) is 52.3 Å². The van der Waals surface area contributed by atoms with Gasteiger partial charge in [0.05, 0.1) is 11.7 Å². The second-order valence-corrected chi connectivity index (χ2v) is 17.4. The quantitative estimate of drug-likeness (QED) is 0.333. The van der Waals surface area contributed by atoms with Gasteiger partial charge in [-0.05, 0) is 152 Å². The van der Waals surface area contributed by atoms with Crippen LogP contribution in [0.3, 0.4) is 0 Å². The highest BCUT2D eigenvalue weighted by atomic mass is 16.5. The second kappa shape index (κ2) is 7.92. The van der Waals surface area contributed by atoms with Gasteiger partial charge in [-0.25, -0.2) is 0 Å². The molecule has 1 heterocycles. The molecule has 5 fully saturated rings. The molecule has 7 rings (SSSR count). The molecule has 1 heteroatoms. The van der Waals surface area contributed by atoms with Gasteiger partial charge in [-0.3, -0.25) is 0 Å². The molecule has 4 saturated carbocycles. The van der Waals surface area contributed by atoms with E-state index in [2.05, 4.69) is 73.6 Å². The Balaban J connectivity index is 1.23. The summed E-state index contributed by atoms with van der Waals surface area (Å²) in [4.78, 5) is 0. The van der Waals surface area contributed by atoms with Crippen LogP contribution in [-0.2, 0) is 16.6 Å². The SMILES string of the molecule is Cc1cccc2c1C[C@H]1[C@]3(C)CC[C@@H]4[C@](C)(CC[C@@H]5O[C@@]6(C)CCCC(C)(C)[C@@H]6CC[C@@]45C)[C@H]3CC[C@]21C. The van der Waals surface area contributed by atoms with Crippen molar-refractivity contribution in [1.82, 2.24) is 0 Å². The molecule has 0 aromatic heterocycles. The Morgan fingerprint density at radius 1 is 0.658 bits per heavy atom. The fourth-order valence-corrected chi connectivity index (χ4v) is 13.5. The lowest BCUT2D eigenvalue weighted by atomic mass is 9.36. The number of rotatable bonds is 0. The molecule has 0 spiro atoms. The second-order valence-electron chi connectivity index (χ2n) is 17.4. The Morgan fingerprint density at radius 2 is 1.29 bits per heavy atom. The van der Waals surface area contributed by atoms with Gasteiger partial charge in [-0.2, -0.15) is 0 Å². The summed E-state index contributed by atoms with van der Waals surface area (Å²) < 4.78 is 7.44. The van der Waals surface area contributed by atoms with Crippen molar-refractivity contribution in [3.05, 3.63) is 34.9 Å². The van der Waals surface area contributed by atoms with Gasteiger partial charge < -0.3 is 4.74 Å². The summed E-state index contributed by atoms with van der Waals surface area (Å²) in [5, 5.41) is 0. The van der Waals surface area contributed by atoms with Crippen LogP contribution in [0.4, 0.5) is 0 Å². The number of ether oxygens (including phenoxy) is 1. The van der Waals surface area contributed by atoms with Crippen molar-refractivity contribution in [3.8, 4) is 0 Å². The minimum absolute atomic E-state index is 0.0846. The predicted octanol–water partition coefficient (Wildman–Crippen LogP) is 9.82. The van der Waals surface area contributed by atoms with Gasteiger partial charge in [0.25, 0.3) is 0 Å². The maximum Gasteiger partial charge on any atom is 0.0691 e. The van der Waals surface area contributed by atoms with Crippen LogP contribution in [0.1, 0.15) is 136 Å². The fraction of sp³-hybridized carbons (Fsp3) is 0.838. The molecular formula is C37H56O. The first-order valence-corrected chi connectivity index (χ1v) is 16.5. The lowest BCUT2D eigenvalue weighted by Crippen LogP contribution is -2.64. The van der Waals surface area contributed by atoms with Crippen molar-refractivity contribution >= 4 is 0 Å². The Hall–Kier alpha value is -0.820. The molecule has 1 nitrogen and oxygen atoms in total. The summed E-state index contributed by atoms with van der Waals surface area (Å²) in [5.74, 6) is 3.19. The zero-order valence-corrected chi connectivity index (χ0v) is 26.0. The molecule has 0 radical (unpaired) electrons. The molecule has 6 aliphatic rings. The molecule has 0 unspecified atom stereocenters. The zero-order chi connectivity index (χ0) is 26.9. The zero-order valence-electron chi connectivity index (χ0n) is 26.0. The molecule has 0 amide bonds. The summed E-state index contributed by atoms with van der Waals surface area (Å²) in [6.45, 7) is 20.9. The number of hydrogen-bond acceptors (Lipinski definition) is 1. The molecule has 10 atom stereocenters. The normalized spacial score (nSPS) is 52.9. The third-order valence-corrected chi connectivity index (χ3v) is 15.3. The first kappa shape index (κ1) is 26.1. The van der Waals surface area contributed by atoms with Crippen LogP contribution in [0.25, 0.3) is 0 Å². The van der Waals surface area contributed by atoms with Crippen molar-refractivity contribution in [1.29, 1.82) is 0 Å². The maximum absolute atomic E-state index is 7.44. The molecule has 1 saturated heterocycles. The molecule has 5 aliphatic carbocycles. The Morgan fingerprint density at radius 3 is 2.08 bits per heavy atom. The van der Waals surface area contributed by atoms with Crippen molar-refractivity contribution in [2.45, 2.75) is 150 Å². The van der Waals surface area contributed by atoms with Crippen LogP contribution in [0.2, 0.25) is 0 Å². The molecule has 1 aromatic rings. The van der Waals surface area contributed by atoms with Crippen LogP contribution in [0.5, 0.6) is 0 Å². The molecule has 1 aromatic carbocycles. The fourth-order valence-electron chi connectivity index (χ4n) is 13.5. The van der Waals surface area contributed by atoms with E-state index in [9.17, 15) is 0 Å². The third-order valence-electron chi connectivity index (χ3n) is 15.3. The van der Waals surface area contributed by atoms with E-state index in [1.807, 2.05) is 0 Å². The van der Waals surface area contributed by atoms with Gasteiger partial charge in [0, 0.05) is 0 Å². The van der Waals surface area contributed by atoms with Crippen molar-refractivity contribution in [2.24, 2.45) is 45.3 Å². The smallest absolute Gasteiger partial charge is 0.0691 e. The highest BCUT2D eigenvalue weighted by molar-refractivity contribution is 5.46. The summed E-state index contributed by atoms with van der Waals surface area (Å²) in [5.41, 5.74) is 7.08. The van der Waals surface area contributed by atoms with Gasteiger partial charge in [0.15, 0.2) is 0 Å². The average molecular weight is 517 g/mol. The molecule has 38 heavy (non-hydrogen) atoms. The summed E-state index contributed by atoms with van der Waals surface area (Å²) in [6, 6.07) is 7.20. The van der Waals surface area contributed by atoms with Crippen LogP contribution < -0.4 is 0 Å². The Labute approximate surface area is 234 Å². The maximum atomic E-state index is 7.44. The van der Waals surface area contributed by atoms with Gasteiger partial charge in [-0.1, -0.05) is 66.2 Å². The summed E-state index contributed by atoms with van der Waals surface area (Å²) in [7, 11) is 0.